The third-order valence-electron chi connectivity index (χ3n) is 5.29. The molecule has 128 valence electrons. The molecule has 0 bridgehead atoms. The molecule has 2 fully saturated rings. The summed E-state index contributed by atoms with van der Waals surface area (Å²) in [6, 6.07) is 4.65. The van der Waals surface area contributed by atoms with Crippen LogP contribution in [0, 0.1) is 6.92 Å². The predicted octanol–water partition coefficient (Wildman–Crippen LogP) is 2.30. The lowest BCUT2D eigenvalue weighted by atomic mass is 10.0. The third kappa shape index (κ3) is 2.93. The minimum atomic E-state index is 0.131. The molecule has 0 saturated carbocycles. The quantitative estimate of drug-likeness (QED) is 0.838. The summed E-state index contributed by atoms with van der Waals surface area (Å²) in [7, 11) is 0. The van der Waals surface area contributed by atoms with Crippen LogP contribution in [0.15, 0.2) is 24.5 Å². The van der Waals surface area contributed by atoms with Gasteiger partial charge in [-0.25, -0.2) is 4.52 Å². The van der Waals surface area contributed by atoms with E-state index in [2.05, 4.69) is 21.8 Å². The molecule has 0 spiro atoms. The van der Waals surface area contributed by atoms with Crippen molar-refractivity contribution in [1.29, 1.82) is 0 Å². The normalized spacial score (nSPS) is 20.6. The number of amides is 1. The van der Waals surface area contributed by atoms with Crippen LogP contribution in [0.5, 0.6) is 0 Å². The van der Waals surface area contributed by atoms with Crippen molar-refractivity contribution in [3.05, 3.63) is 35.7 Å². The molecule has 24 heavy (non-hydrogen) atoms. The van der Waals surface area contributed by atoms with E-state index in [1.165, 1.54) is 24.6 Å². The maximum atomic E-state index is 13.0. The largest absolute Gasteiger partial charge is 0.338 e. The molecule has 5 nitrogen and oxygen atoms in total. The Bertz CT molecular complexity index is 730. The summed E-state index contributed by atoms with van der Waals surface area (Å²) < 4.78 is 1.81. The Balaban J connectivity index is 1.46. The second-order valence-corrected chi connectivity index (χ2v) is 7.94. The average molecular weight is 344 g/mol. The van der Waals surface area contributed by atoms with Crippen molar-refractivity contribution in [3.8, 4) is 0 Å². The Kier molecular flexibility index (Phi) is 4.50. The molecule has 2 aliphatic heterocycles. The van der Waals surface area contributed by atoms with Gasteiger partial charge in [-0.05, 0) is 31.4 Å². The van der Waals surface area contributed by atoms with Crippen LogP contribution in [-0.2, 0) is 0 Å². The standard InChI is InChI=1S/C18H24N4OS/c1-14-3-2-6-22-17(14)16(13-19-22)18(23)21-7-4-15(5-8-21)20-9-11-24-12-10-20/h2-3,6,13,15H,4-5,7-12H2,1H3. The van der Waals surface area contributed by atoms with E-state index in [1.54, 1.807) is 10.7 Å². The maximum Gasteiger partial charge on any atom is 0.257 e. The number of thioether (sulfide) groups is 1. The zero-order chi connectivity index (χ0) is 16.5. The monoisotopic (exact) mass is 344 g/mol. The van der Waals surface area contributed by atoms with Crippen molar-refractivity contribution < 1.29 is 4.79 Å². The van der Waals surface area contributed by atoms with Gasteiger partial charge in [0.05, 0.1) is 17.3 Å². The number of carbonyl (C=O) groups excluding carboxylic acids is 1. The van der Waals surface area contributed by atoms with E-state index >= 15 is 0 Å². The van der Waals surface area contributed by atoms with E-state index < -0.39 is 0 Å². The molecular formula is C18H24N4OS. The van der Waals surface area contributed by atoms with E-state index in [1.807, 2.05) is 30.2 Å². The van der Waals surface area contributed by atoms with E-state index in [9.17, 15) is 4.79 Å². The molecule has 6 heteroatoms. The fourth-order valence-electron chi connectivity index (χ4n) is 3.92. The molecule has 0 unspecified atom stereocenters. The smallest absolute Gasteiger partial charge is 0.257 e. The van der Waals surface area contributed by atoms with E-state index in [0.717, 1.165) is 42.6 Å². The Hall–Kier alpha value is -1.53. The molecule has 2 aromatic heterocycles. The van der Waals surface area contributed by atoms with Crippen LogP contribution >= 0.6 is 11.8 Å². The van der Waals surface area contributed by atoms with Gasteiger partial charge in [0.1, 0.15) is 0 Å². The Morgan fingerprint density at radius 3 is 2.71 bits per heavy atom. The lowest BCUT2D eigenvalue weighted by molar-refractivity contribution is 0.0632. The molecule has 4 heterocycles. The van der Waals surface area contributed by atoms with Crippen LogP contribution < -0.4 is 0 Å². The maximum absolute atomic E-state index is 13.0. The number of hydrogen-bond acceptors (Lipinski definition) is 4. The second-order valence-electron chi connectivity index (χ2n) is 6.71. The van der Waals surface area contributed by atoms with Crippen LogP contribution in [0.4, 0.5) is 0 Å². The highest BCUT2D eigenvalue weighted by atomic mass is 32.2. The fraction of sp³-hybridized carbons (Fsp3) is 0.556. The first-order valence-corrected chi connectivity index (χ1v) is 9.93. The van der Waals surface area contributed by atoms with Gasteiger partial charge in [-0.3, -0.25) is 9.69 Å². The van der Waals surface area contributed by atoms with Crippen molar-refractivity contribution in [3.63, 3.8) is 0 Å². The van der Waals surface area contributed by atoms with E-state index in [4.69, 9.17) is 0 Å². The van der Waals surface area contributed by atoms with Crippen molar-refractivity contribution >= 4 is 23.2 Å². The molecule has 0 N–H and O–H groups in total. The lowest BCUT2D eigenvalue weighted by Crippen LogP contribution is -2.49. The molecular weight excluding hydrogens is 320 g/mol. The number of aromatic nitrogens is 2. The third-order valence-corrected chi connectivity index (χ3v) is 6.23. The lowest BCUT2D eigenvalue weighted by Gasteiger charge is -2.40. The van der Waals surface area contributed by atoms with Gasteiger partial charge in [0.25, 0.3) is 5.91 Å². The van der Waals surface area contributed by atoms with E-state index in [-0.39, 0.29) is 5.91 Å². The van der Waals surface area contributed by atoms with Crippen LogP contribution in [0.3, 0.4) is 0 Å². The molecule has 0 radical (unpaired) electrons. The topological polar surface area (TPSA) is 40.9 Å². The molecule has 0 aliphatic carbocycles. The number of pyridine rings is 1. The van der Waals surface area contributed by atoms with Gasteiger partial charge < -0.3 is 4.90 Å². The second kappa shape index (κ2) is 6.76. The van der Waals surface area contributed by atoms with Crippen molar-refractivity contribution in [2.45, 2.75) is 25.8 Å². The highest BCUT2D eigenvalue weighted by Crippen LogP contribution is 2.23. The first-order valence-electron chi connectivity index (χ1n) is 8.78. The summed E-state index contributed by atoms with van der Waals surface area (Å²) in [6.45, 7) is 6.16. The number of likely N-dealkylation sites (tertiary alicyclic amines) is 1. The molecule has 0 aromatic carbocycles. The Morgan fingerprint density at radius 1 is 1.21 bits per heavy atom. The minimum absolute atomic E-state index is 0.131. The first-order chi connectivity index (χ1) is 11.7. The van der Waals surface area contributed by atoms with Crippen LogP contribution in [0.2, 0.25) is 0 Å². The number of piperidine rings is 1. The predicted molar refractivity (Wildman–Crippen MR) is 97.8 cm³/mol. The number of hydrogen-bond donors (Lipinski definition) is 0. The van der Waals surface area contributed by atoms with Gasteiger partial charge >= 0.3 is 0 Å². The van der Waals surface area contributed by atoms with Crippen molar-refractivity contribution in [2.75, 3.05) is 37.7 Å². The van der Waals surface area contributed by atoms with Crippen LogP contribution in [-0.4, -0.2) is 69.0 Å². The van der Waals surface area contributed by atoms with Gasteiger partial charge in [-0.2, -0.15) is 16.9 Å². The SMILES string of the molecule is Cc1cccn2ncc(C(=O)N3CCC(N4CCSCC4)CC3)c12. The molecule has 1 amide bonds. The highest BCUT2D eigenvalue weighted by molar-refractivity contribution is 7.99. The Morgan fingerprint density at radius 2 is 1.96 bits per heavy atom. The highest BCUT2D eigenvalue weighted by Gasteiger charge is 2.29. The van der Waals surface area contributed by atoms with Gasteiger partial charge in [-0.15, -0.1) is 0 Å². The summed E-state index contributed by atoms with van der Waals surface area (Å²) in [4.78, 5) is 17.6. The average Bonchev–Trinajstić information content (AvgIpc) is 3.07. The number of nitrogens with zero attached hydrogens (tertiary/aromatic N) is 4. The Labute approximate surface area is 147 Å². The summed E-state index contributed by atoms with van der Waals surface area (Å²) in [5.74, 6) is 2.63. The summed E-state index contributed by atoms with van der Waals surface area (Å²) in [5.41, 5.74) is 2.78. The van der Waals surface area contributed by atoms with Crippen LogP contribution in [0.25, 0.3) is 5.52 Å². The van der Waals surface area contributed by atoms with Gasteiger partial charge in [0, 0.05) is 49.9 Å². The molecule has 2 saturated heterocycles. The molecule has 2 aliphatic rings. The van der Waals surface area contributed by atoms with E-state index in [0.29, 0.717) is 6.04 Å². The van der Waals surface area contributed by atoms with Gasteiger partial charge in [-0.1, -0.05) is 6.07 Å². The first kappa shape index (κ1) is 16.0. The molecule has 0 atom stereocenters. The van der Waals surface area contributed by atoms with Crippen molar-refractivity contribution in [2.24, 2.45) is 0 Å². The van der Waals surface area contributed by atoms with Gasteiger partial charge in [0.15, 0.2) is 0 Å². The molecule has 2 aromatic rings. The summed E-state index contributed by atoms with van der Waals surface area (Å²) in [6.07, 6.45) is 5.81. The zero-order valence-corrected chi connectivity index (χ0v) is 15.0. The van der Waals surface area contributed by atoms with Crippen molar-refractivity contribution in [1.82, 2.24) is 19.4 Å². The number of carbonyl (C=O) groups is 1. The fourth-order valence-corrected chi connectivity index (χ4v) is 4.85. The molecule has 4 rings (SSSR count). The number of aryl methyl sites for hydroxylation is 1. The van der Waals surface area contributed by atoms with Crippen LogP contribution in [0.1, 0.15) is 28.8 Å². The number of rotatable bonds is 2. The summed E-state index contributed by atoms with van der Waals surface area (Å²) >= 11 is 2.05. The summed E-state index contributed by atoms with van der Waals surface area (Å²) in [5, 5.41) is 4.34. The minimum Gasteiger partial charge on any atom is -0.338 e. The zero-order valence-electron chi connectivity index (χ0n) is 14.1. The number of fused-ring (bicyclic) bond motifs is 1. The van der Waals surface area contributed by atoms with Gasteiger partial charge in [0.2, 0.25) is 0 Å².